The van der Waals surface area contributed by atoms with Gasteiger partial charge in [-0.05, 0) is 46.8 Å². The number of benzene rings is 1. The van der Waals surface area contributed by atoms with E-state index in [-0.39, 0.29) is 22.7 Å². The summed E-state index contributed by atoms with van der Waals surface area (Å²) >= 11 is 5.28. The van der Waals surface area contributed by atoms with Crippen LogP contribution in [0.5, 0.6) is 0 Å². The first-order chi connectivity index (χ1) is 13.6. The normalized spacial score (nSPS) is 17.9. The molecule has 0 bridgehead atoms. The van der Waals surface area contributed by atoms with E-state index in [0.29, 0.717) is 18.9 Å². The number of rotatable bonds is 5. The molecule has 1 aliphatic heterocycles. The van der Waals surface area contributed by atoms with Gasteiger partial charge in [-0.15, -0.1) is 4.72 Å². The number of ether oxygens (including phenoxy) is 2. The molecule has 0 saturated heterocycles. The van der Waals surface area contributed by atoms with Gasteiger partial charge in [-0.3, -0.25) is 0 Å². The van der Waals surface area contributed by atoms with E-state index < -0.39 is 22.1 Å². The minimum absolute atomic E-state index is 0.247. The number of aromatic nitrogens is 2. The Balaban J connectivity index is 1.94. The minimum atomic E-state index is -1.25. The smallest absolute Gasteiger partial charge is 0.339 e. The third kappa shape index (κ3) is 4.78. The average Bonchev–Trinajstić information content (AvgIpc) is 3.05. The number of fused-ring (bicyclic) bond motifs is 1. The quantitative estimate of drug-likeness (QED) is 0.564. The third-order valence-corrected chi connectivity index (χ3v) is 6.38. The molecule has 1 unspecified atom stereocenters. The molecule has 1 aliphatic rings. The third-order valence-electron chi connectivity index (χ3n) is 4.37. The predicted molar refractivity (Wildman–Crippen MR) is 113 cm³/mol. The molecular formula is C20H26ClN3O4S. The second-order valence-corrected chi connectivity index (χ2v) is 10.5. The summed E-state index contributed by atoms with van der Waals surface area (Å²) < 4.78 is 27.9. The first-order valence-corrected chi connectivity index (χ1v) is 10.9. The number of carbonyl (C=O) groups excluding carboxylic acids is 1. The molecule has 7 nitrogen and oxygen atoms in total. The molecule has 158 valence electrons. The van der Waals surface area contributed by atoms with Crippen LogP contribution < -0.4 is 4.72 Å². The van der Waals surface area contributed by atoms with Crippen LogP contribution in [0.2, 0.25) is 5.02 Å². The standard InChI is InChI=1S/C20H26ClN3O4S/c1-12(2)28-19(25)13-7-6-8-16(18(13)21)24-17-11-27-10-15(14(17)9-22-24)23-29(26)20(3,4)5/h6-9,12,15,23H,10-11H2,1-5H3/t15-,29?/m1/s1. The van der Waals surface area contributed by atoms with Gasteiger partial charge in [-0.2, -0.15) is 5.10 Å². The van der Waals surface area contributed by atoms with E-state index in [9.17, 15) is 9.35 Å². The fourth-order valence-electron chi connectivity index (χ4n) is 2.91. The van der Waals surface area contributed by atoms with Crippen LogP contribution in [-0.2, 0) is 27.4 Å². The number of carbonyl (C=O) groups is 1. The summed E-state index contributed by atoms with van der Waals surface area (Å²) in [4.78, 5) is 12.3. The van der Waals surface area contributed by atoms with Crippen LogP contribution in [-0.4, -0.2) is 37.8 Å². The maximum atomic E-state index is 12.5. The Hall–Kier alpha value is -1.58. The molecule has 1 aromatic carbocycles. The van der Waals surface area contributed by atoms with Gasteiger partial charge in [0.2, 0.25) is 0 Å². The Labute approximate surface area is 179 Å². The van der Waals surface area contributed by atoms with Crippen LogP contribution in [0.4, 0.5) is 0 Å². The van der Waals surface area contributed by atoms with Crippen LogP contribution in [0, 0.1) is 0 Å². The lowest BCUT2D eigenvalue weighted by Gasteiger charge is -2.30. The van der Waals surface area contributed by atoms with E-state index in [1.807, 2.05) is 20.8 Å². The van der Waals surface area contributed by atoms with Gasteiger partial charge in [0, 0.05) is 16.9 Å². The van der Waals surface area contributed by atoms with Crippen molar-refractivity contribution in [2.75, 3.05) is 6.61 Å². The molecule has 2 heterocycles. The van der Waals surface area contributed by atoms with Crippen molar-refractivity contribution in [1.82, 2.24) is 14.5 Å². The lowest BCUT2D eigenvalue weighted by atomic mass is 10.1. The molecule has 29 heavy (non-hydrogen) atoms. The Morgan fingerprint density at radius 1 is 1.45 bits per heavy atom. The van der Waals surface area contributed by atoms with E-state index in [2.05, 4.69) is 9.82 Å². The topological polar surface area (TPSA) is 88.4 Å². The molecule has 0 amide bonds. The molecule has 2 atom stereocenters. The number of hydrogen-bond acceptors (Lipinski definition) is 6. The first kappa shape index (κ1) is 22.1. The Bertz CT molecular complexity index is 894. The van der Waals surface area contributed by atoms with Crippen molar-refractivity contribution in [1.29, 1.82) is 0 Å². The molecule has 3 rings (SSSR count). The zero-order chi connectivity index (χ0) is 21.3. The summed E-state index contributed by atoms with van der Waals surface area (Å²) in [5, 5.41) is 4.73. The van der Waals surface area contributed by atoms with Crippen LogP contribution in [0.15, 0.2) is 24.4 Å². The predicted octanol–water partition coefficient (Wildman–Crippen LogP) is 3.71. The number of nitrogens with zero attached hydrogens (tertiary/aromatic N) is 2. The molecule has 2 aromatic rings. The fraction of sp³-hybridized carbons (Fsp3) is 0.500. The second kappa shape index (κ2) is 8.65. The summed E-state index contributed by atoms with van der Waals surface area (Å²) in [7, 11) is 0. The van der Waals surface area contributed by atoms with Crippen LogP contribution in [0.1, 0.15) is 62.3 Å². The van der Waals surface area contributed by atoms with Crippen molar-refractivity contribution in [3.05, 3.63) is 46.2 Å². The van der Waals surface area contributed by atoms with Gasteiger partial charge < -0.3 is 14.0 Å². The second-order valence-electron chi connectivity index (χ2n) is 8.12. The summed E-state index contributed by atoms with van der Waals surface area (Å²) in [6, 6.07) is 4.90. The Kier molecular flexibility index (Phi) is 6.60. The Morgan fingerprint density at radius 2 is 2.17 bits per heavy atom. The molecule has 9 heteroatoms. The number of esters is 1. The highest BCUT2D eigenvalue weighted by atomic mass is 35.5. The highest BCUT2D eigenvalue weighted by Gasteiger charge is 2.34. The van der Waals surface area contributed by atoms with Gasteiger partial charge in [0.25, 0.3) is 0 Å². The van der Waals surface area contributed by atoms with Gasteiger partial charge >= 0.3 is 5.97 Å². The number of nitrogens with one attached hydrogen (secondary N) is 1. The van der Waals surface area contributed by atoms with Crippen LogP contribution >= 0.6 is 11.6 Å². The van der Waals surface area contributed by atoms with Crippen molar-refractivity contribution in [2.24, 2.45) is 0 Å². The molecule has 0 spiro atoms. The highest BCUT2D eigenvalue weighted by Crippen LogP contribution is 2.32. The lowest BCUT2D eigenvalue weighted by Crippen LogP contribution is -2.43. The zero-order valence-electron chi connectivity index (χ0n) is 17.2. The van der Waals surface area contributed by atoms with Gasteiger partial charge in [0.1, 0.15) is 10.8 Å². The summed E-state index contributed by atoms with van der Waals surface area (Å²) in [6.45, 7) is 10.0. The van der Waals surface area contributed by atoms with Crippen molar-refractivity contribution in [3.63, 3.8) is 0 Å². The molecule has 1 aromatic heterocycles. The van der Waals surface area contributed by atoms with E-state index in [1.165, 1.54) is 0 Å². The monoisotopic (exact) mass is 439 g/mol. The van der Waals surface area contributed by atoms with Crippen molar-refractivity contribution >= 4 is 28.9 Å². The molecular weight excluding hydrogens is 414 g/mol. The van der Waals surface area contributed by atoms with Gasteiger partial charge in [0.15, 0.2) is 0 Å². The average molecular weight is 440 g/mol. The summed E-state index contributed by atoms with van der Waals surface area (Å²) in [6.07, 6.45) is 1.48. The molecule has 0 radical (unpaired) electrons. The van der Waals surface area contributed by atoms with Crippen molar-refractivity contribution < 1.29 is 18.8 Å². The fourth-order valence-corrected chi connectivity index (χ4v) is 4.01. The largest absolute Gasteiger partial charge is 0.598 e. The van der Waals surface area contributed by atoms with E-state index in [1.54, 1.807) is 42.9 Å². The lowest BCUT2D eigenvalue weighted by molar-refractivity contribution is 0.0378. The van der Waals surface area contributed by atoms with Gasteiger partial charge in [0.05, 0.1) is 47.5 Å². The molecule has 0 aliphatic carbocycles. The van der Waals surface area contributed by atoms with E-state index in [4.69, 9.17) is 21.1 Å². The van der Waals surface area contributed by atoms with Crippen LogP contribution in [0.25, 0.3) is 5.69 Å². The summed E-state index contributed by atoms with van der Waals surface area (Å²) in [5.74, 6) is -0.482. The van der Waals surface area contributed by atoms with Gasteiger partial charge in [-0.1, -0.05) is 17.7 Å². The number of hydrogen-bond donors (Lipinski definition) is 1. The molecule has 1 N–H and O–H groups in total. The Morgan fingerprint density at radius 3 is 2.83 bits per heavy atom. The first-order valence-electron chi connectivity index (χ1n) is 9.42. The van der Waals surface area contributed by atoms with Gasteiger partial charge in [-0.25, -0.2) is 9.48 Å². The van der Waals surface area contributed by atoms with Crippen molar-refractivity contribution in [2.45, 2.75) is 58.1 Å². The summed E-state index contributed by atoms with van der Waals surface area (Å²) in [5.41, 5.74) is 2.55. The zero-order valence-corrected chi connectivity index (χ0v) is 18.8. The van der Waals surface area contributed by atoms with Crippen molar-refractivity contribution in [3.8, 4) is 5.69 Å². The minimum Gasteiger partial charge on any atom is -0.598 e. The highest BCUT2D eigenvalue weighted by molar-refractivity contribution is 7.90. The maximum Gasteiger partial charge on any atom is 0.339 e. The van der Waals surface area contributed by atoms with E-state index in [0.717, 1.165) is 11.3 Å². The maximum absolute atomic E-state index is 12.5. The molecule has 0 saturated carbocycles. The molecule has 0 fully saturated rings. The SMILES string of the molecule is CC(C)OC(=O)c1cccc(-n2ncc3c2COC[C@H]3N[S+]([O-])C(C)(C)C)c1Cl. The number of halogens is 1. The van der Waals surface area contributed by atoms with E-state index >= 15 is 0 Å². The van der Waals surface area contributed by atoms with Crippen LogP contribution in [0.3, 0.4) is 0 Å².